The van der Waals surface area contributed by atoms with Crippen LogP contribution in [0.5, 0.6) is 0 Å². The molecule has 0 aliphatic heterocycles. The lowest BCUT2D eigenvalue weighted by molar-refractivity contribution is 0.0665. The lowest BCUT2D eigenvalue weighted by Crippen LogP contribution is -1.91. The summed E-state index contributed by atoms with van der Waals surface area (Å²) >= 11 is 3.42. The van der Waals surface area contributed by atoms with Crippen molar-refractivity contribution in [2.24, 2.45) is 0 Å². The van der Waals surface area contributed by atoms with E-state index in [0.717, 1.165) is 27.4 Å². The molecule has 1 N–H and O–H groups in total. The molecular weight excluding hydrogens is 322 g/mol. The summed E-state index contributed by atoms with van der Waals surface area (Å²) in [5, 5.41) is 9.74. The maximum Gasteiger partial charge on any atom is 0.371 e. The molecule has 1 aromatic carbocycles. The van der Waals surface area contributed by atoms with Gasteiger partial charge in [0.25, 0.3) is 0 Å². The quantitative estimate of drug-likeness (QED) is 0.791. The van der Waals surface area contributed by atoms with Crippen LogP contribution in [0.25, 0.3) is 11.0 Å². The van der Waals surface area contributed by atoms with Crippen molar-refractivity contribution in [2.45, 2.75) is 6.42 Å². The molecule has 0 aliphatic carbocycles. The summed E-state index contributed by atoms with van der Waals surface area (Å²) in [6, 6.07) is 9.30. The van der Waals surface area contributed by atoms with Crippen molar-refractivity contribution in [1.82, 2.24) is 4.98 Å². The van der Waals surface area contributed by atoms with Gasteiger partial charge in [-0.2, -0.15) is 0 Å². The van der Waals surface area contributed by atoms with Gasteiger partial charge in [-0.3, -0.25) is 4.98 Å². The van der Waals surface area contributed by atoms with Gasteiger partial charge in [0.15, 0.2) is 0 Å². The largest absolute Gasteiger partial charge is 0.475 e. The molecule has 0 aliphatic rings. The second-order valence-electron chi connectivity index (χ2n) is 4.45. The topological polar surface area (TPSA) is 63.3 Å². The van der Waals surface area contributed by atoms with E-state index in [9.17, 15) is 4.79 Å². The molecule has 0 saturated heterocycles. The predicted octanol–water partition coefficient (Wildman–Crippen LogP) is 3.88. The summed E-state index contributed by atoms with van der Waals surface area (Å²) in [5.41, 5.74) is 2.72. The molecular formula is C15H10BrNO3. The highest BCUT2D eigenvalue weighted by atomic mass is 79.9. The summed E-state index contributed by atoms with van der Waals surface area (Å²) in [6.07, 6.45) is 4.28. The van der Waals surface area contributed by atoms with Crippen LogP contribution in [0.3, 0.4) is 0 Å². The van der Waals surface area contributed by atoms with Gasteiger partial charge in [-0.05, 0) is 57.7 Å². The number of aromatic nitrogens is 1. The maximum absolute atomic E-state index is 10.9. The SMILES string of the molecule is O=C(O)c1cc2cc(Cc3cccnc3)cc(Br)c2o1. The molecule has 3 aromatic rings. The van der Waals surface area contributed by atoms with E-state index in [4.69, 9.17) is 9.52 Å². The number of carbonyl (C=O) groups is 1. The van der Waals surface area contributed by atoms with Gasteiger partial charge in [0.05, 0.1) is 4.47 Å². The summed E-state index contributed by atoms with van der Waals surface area (Å²) in [5.74, 6) is -1.12. The summed E-state index contributed by atoms with van der Waals surface area (Å²) in [6.45, 7) is 0. The molecule has 0 radical (unpaired) electrons. The zero-order valence-electron chi connectivity index (χ0n) is 10.3. The van der Waals surface area contributed by atoms with Crippen LogP contribution < -0.4 is 0 Å². The van der Waals surface area contributed by atoms with E-state index in [0.29, 0.717) is 5.58 Å². The average molecular weight is 332 g/mol. The number of fused-ring (bicyclic) bond motifs is 1. The van der Waals surface area contributed by atoms with Crippen LogP contribution in [0, 0.1) is 0 Å². The second kappa shape index (κ2) is 5.09. The summed E-state index contributed by atoms with van der Waals surface area (Å²) in [4.78, 5) is 15.0. The molecule has 2 heterocycles. The Kier molecular flexibility index (Phi) is 3.28. The fraction of sp³-hybridized carbons (Fsp3) is 0.0667. The first kappa shape index (κ1) is 12.9. The molecule has 2 aromatic heterocycles. The van der Waals surface area contributed by atoms with Gasteiger partial charge in [0.2, 0.25) is 5.76 Å². The summed E-state index contributed by atoms with van der Waals surface area (Å²) in [7, 11) is 0. The Bertz CT molecular complexity index is 780. The van der Waals surface area contributed by atoms with Gasteiger partial charge in [-0.25, -0.2) is 4.79 Å². The smallest absolute Gasteiger partial charge is 0.371 e. The monoisotopic (exact) mass is 331 g/mol. The van der Waals surface area contributed by atoms with Crippen molar-refractivity contribution in [3.05, 3.63) is 64.1 Å². The number of carboxylic acids is 1. The highest BCUT2D eigenvalue weighted by molar-refractivity contribution is 9.10. The Hall–Kier alpha value is -2.14. The van der Waals surface area contributed by atoms with Gasteiger partial charge in [0, 0.05) is 17.8 Å². The first-order valence-corrected chi connectivity index (χ1v) is 6.77. The second-order valence-corrected chi connectivity index (χ2v) is 5.30. The maximum atomic E-state index is 10.9. The molecule has 0 atom stereocenters. The molecule has 0 saturated carbocycles. The van der Waals surface area contributed by atoms with Gasteiger partial charge in [-0.15, -0.1) is 0 Å². The van der Waals surface area contributed by atoms with Crippen LogP contribution in [0.4, 0.5) is 0 Å². The van der Waals surface area contributed by atoms with Crippen molar-refractivity contribution >= 4 is 32.9 Å². The molecule has 0 fully saturated rings. The van der Waals surface area contributed by atoms with Crippen molar-refractivity contribution in [3.8, 4) is 0 Å². The first-order valence-electron chi connectivity index (χ1n) is 5.97. The molecule has 0 spiro atoms. The van der Waals surface area contributed by atoms with E-state index in [1.165, 1.54) is 6.07 Å². The first-order chi connectivity index (χ1) is 9.63. The van der Waals surface area contributed by atoms with Crippen molar-refractivity contribution in [2.75, 3.05) is 0 Å². The third kappa shape index (κ3) is 2.44. The van der Waals surface area contributed by atoms with Crippen LogP contribution in [0.15, 0.2) is 51.6 Å². The fourth-order valence-electron chi connectivity index (χ4n) is 2.11. The number of nitrogens with zero attached hydrogens (tertiary/aromatic N) is 1. The zero-order valence-corrected chi connectivity index (χ0v) is 11.9. The summed E-state index contributed by atoms with van der Waals surface area (Å²) < 4.78 is 6.06. The van der Waals surface area contributed by atoms with Gasteiger partial charge in [-0.1, -0.05) is 6.07 Å². The Balaban J connectivity index is 2.03. The molecule has 0 amide bonds. The van der Waals surface area contributed by atoms with Crippen LogP contribution in [-0.4, -0.2) is 16.1 Å². The van der Waals surface area contributed by atoms with Crippen LogP contribution in [0.2, 0.25) is 0 Å². The molecule has 20 heavy (non-hydrogen) atoms. The zero-order chi connectivity index (χ0) is 14.1. The number of aromatic carboxylic acids is 1. The normalized spacial score (nSPS) is 10.8. The number of carboxylic acid groups (broad SMARTS) is 1. The highest BCUT2D eigenvalue weighted by Gasteiger charge is 2.13. The van der Waals surface area contributed by atoms with E-state index in [-0.39, 0.29) is 5.76 Å². The molecule has 100 valence electrons. The Morgan fingerprint density at radius 1 is 1.30 bits per heavy atom. The van der Waals surface area contributed by atoms with Crippen molar-refractivity contribution < 1.29 is 14.3 Å². The molecule has 0 bridgehead atoms. The van der Waals surface area contributed by atoms with E-state index >= 15 is 0 Å². The molecule has 4 nitrogen and oxygen atoms in total. The van der Waals surface area contributed by atoms with Crippen LogP contribution in [-0.2, 0) is 6.42 Å². The molecule has 3 rings (SSSR count). The average Bonchev–Trinajstić information content (AvgIpc) is 2.84. The van der Waals surface area contributed by atoms with Gasteiger partial charge < -0.3 is 9.52 Å². The standard InChI is InChI=1S/C15H10BrNO3/c16-12-6-10(4-9-2-1-3-17-8-9)5-11-7-13(15(18)19)20-14(11)12/h1-3,5-8H,4H2,(H,18,19). The Morgan fingerprint density at radius 2 is 2.15 bits per heavy atom. The third-order valence-corrected chi connectivity index (χ3v) is 3.56. The van der Waals surface area contributed by atoms with E-state index in [1.807, 2.05) is 30.5 Å². The van der Waals surface area contributed by atoms with Crippen LogP contribution in [0.1, 0.15) is 21.7 Å². The number of rotatable bonds is 3. The Morgan fingerprint density at radius 3 is 2.85 bits per heavy atom. The van der Waals surface area contributed by atoms with Crippen molar-refractivity contribution in [3.63, 3.8) is 0 Å². The minimum atomic E-state index is -1.07. The van der Waals surface area contributed by atoms with Crippen LogP contribution >= 0.6 is 15.9 Å². The predicted molar refractivity (Wildman–Crippen MR) is 77.9 cm³/mol. The lowest BCUT2D eigenvalue weighted by atomic mass is 10.1. The number of halogens is 1. The molecule has 5 heteroatoms. The minimum Gasteiger partial charge on any atom is -0.475 e. The number of benzene rings is 1. The number of hydrogen-bond donors (Lipinski definition) is 1. The van der Waals surface area contributed by atoms with E-state index in [1.54, 1.807) is 6.20 Å². The van der Waals surface area contributed by atoms with Crippen molar-refractivity contribution in [1.29, 1.82) is 0 Å². The van der Waals surface area contributed by atoms with E-state index in [2.05, 4.69) is 20.9 Å². The minimum absolute atomic E-state index is 0.0563. The molecule has 0 unspecified atom stereocenters. The lowest BCUT2D eigenvalue weighted by Gasteiger charge is -2.03. The highest BCUT2D eigenvalue weighted by Crippen LogP contribution is 2.29. The van der Waals surface area contributed by atoms with Gasteiger partial charge in [0.1, 0.15) is 5.58 Å². The van der Waals surface area contributed by atoms with E-state index < -0.39 is 5.97 Å². The number of pyridine rings is 1. The fourth-order valence-corrected chi connectivity index (χ4v) is 2.72. The van der Waals surface area contributed by atoms with Gasteiger partial charge >= 0.3 is 5.97 Å². The third-order valence-electron chi connectivity index (χ3n) is 2.97. The number of furan rings is 1. The Labute approximate surface area is 123 Å². The number of hydrogen-bond acceptors (Lipinski definition) is 3.